The van der Waals surface area contributed by atoms with Gasteiger partial charge < -0.3 is 14.6 Å². The molecule has 2 aromatic rings. The topological polar surface area (TPSA) is 60.2 Å². The van der Waals surface area contributed by atoms with Gasteiger partial charge in [0.1, 0.15) is 5.75 Å². The maximum absolute atomic E-state index is 6.19. The molecule has 0 bridgehead atoms. The van der Waals surface area contributed by atoms with Crippen molar-refractivity contribution >= 4 is 11.6 Å². The number of hydrogen-bond acceptors (Lipinski definition) is 5. The Labute approximate surface area is 123 Å². The van der Waals surface area contributed by atoms with Gasteiger partial charge in [-0.15, -0.1) is 0 Å². The van der Waals surface area contributed by atoms with E-state index >= 15 is 0 Å². The van der Waals surface area contributed by atoms with Gasteiger partial charge in [-0.1, -0.05) is 42.7 Å². The Balaban J connectivity index is 2.07. The number of halogens is 1. The fourth-order valence-electron chi connectivity index (χ4n) is 1.74. The summed E-state index contributed by atoms with van der Waals surface area (Å²) in [4.78, 5) is 4.20. The molecule has 0 saturated carbocycles. The SMILES string of the molecule is CCNCc1cccc(Cl)c1OCc1nc(CC)no1. The van der Waals surface area contributed by atoms with Gasteiger partial charge in [0, 0.05) is 18.5 Å². The summed E-state index contributed by atoms with van der Waals surface area (Å²) in [6, 6.07) is 5.69. The molecule has 20 heavy (non-hydrogen) atoms. The first-order valence-corrected chi connectivity index (χ1v) is 7.04. The Bertz CT molecular complexity index is 557. The molecular weight excluding hydrogens is 278 g/mol. The highest BCUT2D eigenvalue weighted by Gasteiger charge is 2.11. The van der Waals surface area contributed by atoms with Gasteiger partial charge in [-0.25, -0.2) is 0 Å². The average Bonchev–Trinajstić information content (AvgIpc) is 2.92. The number of nitrogens with zero attached hydrogens (tertiary/aromatic N) is 2. The van der Waals surface area contributed by atoms with Crippen LogP contribution in [0.4, 0.5) is 0 Å². The molecule has 1 aromatic heterocycles. The van der Waals surface area contributed by atoms with E-state index < -0.39 is 0 Å². The van der Waals surface area contributed by atoms with E-state index in [0.29, 0.717) is 29.0 Å². The predicted octanol–water partition coefficient (Wildman–Crippen LogP) is 2.97. The van der Waals surface area contributed by atoms with Gasteiger partial charge >= 0.3 is 0 Å². The van der Waals surface area contributed by atoms with Crippen molar-refractivity contribution in [3.8, 4) is 5.75 Å². The molecule has 0 aliphatic carbocycles. The Hall–Kier alpha value is -1.59. The highest BCUT2D eigenvalue weighted by molar-refractivity contribution is 6.32. The molecule has 5 nitrogen and oxygen atoms in total. The van der Waals surface area contributed by atoms with Gasteiger partial charge in [0.2, 0.25) is 0 Å². The van der Waals surface area contributed by atoms with E-state index in [1.165, 1.54) is 0 Å². The molecule has 0 aliphatic heterocycles. The molecule has 0 atom stereocenters. The quantitative estimate of drug-likeness (QED) is 0.851. The fourth-order valence-corrected chi connectivity index (χ4v) is 1.99. The summed E-state index contributed by atoms with van der Waals surface area (Å²) in [5.74, 6) is 1.79. The number of aryl methyl sites for hydroxylation is 1. The van der Waals surface area contributed by atoms with Crippen LogP contribution < -0.4 is 10.1 Å². The molecule has 0 unspecified atom stereocenters. The molecule has 6 heteroatoms. The second-order valence-corrected chi connectivity index (χ2v) is 4.66. The zero-order valence-electron chi connectivity index (χ0n) is 11.6. The third-order valence-corrected chi connectivity index (χ3v) is 3.08. The van der Waals surface area contributed by atoms with Crippen LogP contribution in [0.3, 0.4) is 0 Å². The molecule has 0 fully saturated rings. The predicted molar refractivity (Wildman–Crippen MR) is 76.8 cm³/mol. The van der Waals surface area contributed by atoms with E-state index in [9.17, 15) is 0 Å². The van der Waals surface area contributed by atoms with Gasteiger partial charge in [-0.3, -0.25) is 0 Å². The normalized spacial score (nSPS) is 10.8. The molecule has 0 amide bonds. The first kappa shape index (κ1) is 14.8. The Morgan fingerprint density at radius 1 is 1.35 bits per heavy atom. The van der Waals surface area contributed by atoms with Gasteiger partial charge in [0.15, 0.2) is 12.4 Å². The van der Waals surface area contributed by atoms with Gasteiger partial charge in [0.05, 0.1) is 5.02 Å². The summed E-state index contributed by atoms with van der Waals surface area (Å²) in [7, 11) is 0. The molecule has 108 valence electrons. The highest BCUT2D eigenvalue weighted by Crippen LogP contribution is 2.29. The number of hydrogen-bond donors (Lipinski definition) is 1. The monoisotopic (exact) mass is 295 g/mol. The third-order valence-electron chi connectivity index (χ3n) is 2.78. The summed E-state index contributed by atoms with van der Waals surface area (Å²) in [6.45, 7) is 5.83. The Kier molecular flexibility index (Phi) is 5.38. The van der Waals surface area contributed by atoms with Gasteiger partial charge in [-0.2, -0.15) is 4.98 Å². The minimum absolute atomic E-state index is 0.218. The van der Waals surface area contributed by atoms with E-state index in [2.05, 4.69) is 22.4 Å². The lowest BCUT2D eigenvalue weighted by molar-refractivity contribution is 0.240. The van der Waals surface area contributed by atoms with Crippen molar-refractivity contribution in [2.45, 2.75) is 33.4 Å². The zero-order chi connectivity index (χ0) is 14.4. The maximum Gasteiger partial charge on any atom is 0.264 e. The Morgan fingerprint density at radius 3 is 2.90 bits per heavy atom. The summed E-state index contributed by atoms with van der Waals surface area (Å²) in [5.41, 5.74) is 1.01. The van der Waals surface area contributed by atoms with E-state index in [1.54, 1.807) is 6.07 Å². The van der Waals surface area contributed by atoms with E-state index in [-0.39, 0.29) is 6.61 Å². The molecule has 1 N–H and O–H groups in total. The van der Waals surface area contributed by atoms with Crippen LogP contribution in [0.5, 0.6) is 5.75 Å². The molecule has 0 spiro atoms. The van der Waals surface area contributed by atoms with Crippen molar-refractivity contribution in [3.63, 3.8) is 0 Å². The standard InChI is InChI=1S/C14H18ClN3O2/c1-3-12-17-13(20-18-12)9-19-14-10(8-16-4-2)6-5-7-11(14)15/h5-7,16H,3-4,8-9H2,1-2H3. The third kappa shape index (κ3) is 3.71. The first-order chi connectivity index (χ1) is 9.74. The van der Waals surface area contributed by atoms with E-state index in [0.717, 1.165) is 18.5 Å². The van der Waals surface area contributed by atoms with Crippen molar-refractivity contribution in [2.24, 2.45) is 0 Å². The number of rotatable bonds is 7. The van der Waals surface area contributed by atoms with Crippen LogP contribution in [-0.4, -0.2) is 16.7 Å². The molecule has 2 rings (SSSR count). The smallest absolute Gasteiger partial charge is 0.264 e. The van der Waals surface area contributed by atoms with Crippen LogP contribution in [0.2, 0.25) is 5.02 Å². The molecule has 0 aliphatic rings. The largest absolute Gasteiger partial charge is 0.482 e. The minimum Gasteiger partial charge on any atom is -0.482 e. The zero-order valence-corrected chi connectivity index (χ0v) is 12.4. The van der Waals surface area contributed by atoms with Crippen LogP contribution in [0, 0.1) is 0 Å². The lowest BCUT2D eigenvalue weighted by atomic mass is 10.2. The average molecular weight is 296 g/mol. The van der Waals surface area contributed by atoms with Crippen molar-refractivity contribution in [2.75, 3.05) is 6.54 Å². The summed E-state index contributed by atoms with van der Waals surface area (Å²) >= 11 is 6.19. The van der Waals surface area contributed by atoms with Crippen molar-refractivity contribution in [1.82, 2.24) is 15.5 Å². The number of aromatic nitrogens is 2. The van der Waals surface area contributed by atoms with Crippen LogP contribution in [0.15, 0.2) is 22.7 Å². The van der Waals surface area contributed by atoms with E-state index in [4.69, 9.17) is 20.9 Å². The second-order valence-electron chi connectivity index (χ2n) is 4.25. The highest BCUT2D eigenvalue weighted by atomic mass is 35.5. The van der Waals surface area contributed by atoms with Crippen molar-refractivity contribution in [3.05, 3.63) is 40.5 Å². The fraction of sp³-hybridized carbons (Fsp3) is 0.429. The summed E-state index contributed by atoms with van der Waals surface area (Å²) in [5, 5.41) is 7.66. The molecular formula is C14H18ClN3O2. The molecule has 0 saturated heterocycles. The van der Waals surface area contributed by atoms with Gasteiger partial charge in [-0.05, 0) is 12.6 Å². The van der Waals surface area contributed by atoms with Crippen LogP contribution in [0.1, 0.15) is 31.1 Å². The number of para-hydroxylation sites is 1. The maximum atomic E-state index is 6.19. The number of ether oxygens (including phenoxy) is 1. The van der Waals surface area contributed by atoms with Crippen molar-refractivity contribution < 1.29 is 9.26 Å². The van der Waals surface area contributed by atoms with Crippen LogP contribution >= 0.6 is 11.6 Å². The second kappa shape index (κ2) is 7.26. The van der Waals surface area contributed by atoms with Crippen LogP contribution in [-0.2, 0) is 19.6 Å². The molecule has 0 radical (unpaired) electrons. The Morgan fingerprint density at radius 2 is 2.20 bits per heavy atom. The summed E-state index contributed by atoms with van der Waals surface area (Å²) in [6.07, 6.45) is 0.737. The van der Waals surface area contributed by atoms with Crippen LogP contribution in [0.25, 0.3) is 0 Å². The minimum atomic E-state index is 0.218. The molecule has 1 heterocycles. The summed E-state index contributed by atoms with van der Waals surface area (Å²) < 4.78 is 10.8. The number of benzene rings is 1. The lowest BCUT2D eigenvalue weighted by Crippen LogP contribution is -2.13. The first-order valence-electron chi connectivity index (χ1n) is 6.67. The van der Waals surface area contributed by atoms with E-state index in [1.807, 2.05) is 19.1 Å². The molecule has 1 aromatic carbocycles. The number of nitrogens with one attached hydrogen (secondary N) is 1. The van der Waals surface area contributed by atoms with Gasteiger partial charge in [0.25, 0.3) is 5.89 Å². The van der Waals surface area contributed by atoms with Crippen molar-refractivity contribution in [1.29, 1.82) is 0 Å². The lowest BCUT2D eigenvalue weighted by Gasteiger charge is -2.12.